The van der Waals surface area contributed by atoms with E-state index in [1.165, 1.54) is 0 Å². The molecule has 0 unspecified atom stereocenters. The zero-order valence-electron chi connectivity index (χ0n) is 23.6. The first-order valence-corrected chi connectivity index (χ1v) is 13.8. The van der Waals surface area contributed by atoms with Crippen LogP contribution in [0.2, 0.25) is 0 Å². The van der Waals surface area contributed by atoms with E-state index in [9.17, 15) is 9.90 Å². The highest BCUT2D eigenvalue weighted by Crippen LogP contribution is 2.24. The van der Waals surface area contributed by atoms with Crippen LogP contribution in [0.25, 0.3) is 0 Å². The highest BCUT2D eigenvalue weighted by molar-refractivity contribution is 6.03. The van der Waals surface area contributed by atoms with Crippen LogP contribution >= 0.6 is 0 Å². The predicted molar refractivity (Wildman–Crippen MR) is 160 cm³/mol. The summed E-state index contributed by atoms with van der Waals surface area (Å²) in [5.41, 5.74) is 7.63. The molecule has 0 bridgehead atoms. The fourth-order valence-corrected chi connectivity index (χ4v) is 4.76. The Hall–Kier alpha value is -4.30. The number of likely N-dealkylation sites (tertiary alicyclic amines) is 1. The first kappa shape index (κ1) is 29.7. The molecular weight excluding hydrogens is 520 g/mol. The monoisotopic (exact) mass is 558 g/mol. The Morgan fingerprint density at radius 3 is 2.76 bits per heavy atom. The number of hydrogen-bond donors (Lipinski definition) is 4. The maximum absolute atomic E-state index is 12.4. The molecule has 1 saturated heterocycles. The van der Waals surface area contributed by atoms with Crippen molar-refractivity contribution in [3.05, 3.63) is 101 Å². The Kier molecular flexibility index (Phi) is 10.8. The van der Waals surface area contributed by atoms with E-state index in [0.717, 1.165) is 54.1 Å². The van der Waals surface area contributed by atoms with Gasteiger partial charge in [-0.3, -0.25) is 9.79 Å². The van der Waals surface area contributed by atoms with Gasteiger partial charge in [-0.05, 0) is 61.8 Å². The number of aliphatic hydroxyl groups excluding tert-OH is 1. The van der Waals surface area contributed by atoms with E-state index in [4.69, 9.17) is 19.6 Å². The van der Waals surface area contributed by atoms with Crippen LogP contribution in [-0.2, 0) is 20.8 Å². The lowest BCUT2D eigenvalue weighted by Gasteiger charge is -2.35. The normalized spacial score (nSPS) is 15.7. The number of amidine groups is 1. The highest BCUT2D eigenvalue weighted by atomic mass is 16.6. The van der Waals surface area contributed by atoms with Gasteiger partial charge in [-0.1, -0.05) is 30.3 Å². The van der Waals surface area contributed by atoms with Crippen molar-refractivity contribution < 1.29 is 24.5 Å². The molecule has 0 saturated carbocycles. The molecule has 9 heteroatoms. The summed E-state index contributed by atoms with van der Waals surface area (Å²) >= 11 is 0. The van der Waals surface area contributed by atoms with Gasteiger partial charge in [0, 0.05) is 48.6 Å². The predicted octanol–water partition coefficient (Wildman–Crippen LogP) is 3.79. The largest absolute Gasteiger partial charge is 0.508 e. The third kappa shape index (κ3) is 8.59. The summed E-state index contributed by atoms with van der Waals surface area (Å²) in [6.45, 7) is 3.72. The molecule has 0 aromatic heterocycles. The molecule has 0 radical (unpaired) electrons. The average Bonchev–Trinajstić information content (AvgIpc) is 3.22. The lowest BCUT2D eigenvalue weighted by molar-refractivity contribution is -0.141. The van der Waals surface area contributed by atoms with Crippen molar-refractivity contribution in [1.29, 1.82) is 0 Å². The number of hydrogen-bond acceptors (Lipinski definition) is 8. The number of piperidine rings is 1. The Labute approximate surface area is 241 Å². The summed E-state index contributed by atoms with van der Waals surface area (Å²) in [5, 5.41) is 25.9. The first-order chi connectivity index (χ1) is 20.0. The second kappa shape index (κ2) is 14.9. The topological polar surface area (TPSA) is 116 Å². The zero-order valence-corrected chi connectivity index (χ0v) is 23.6. The van der Waals surface area contributed by atoms with Crippen LogP contribution in [0.15, 0.2) is 88.8 Å². The number of phenols is 1. The zero-order chi connectivity index (χ0) is 29.0. The van der Waals surface area contributed by atoms with Crippen LogP contribution in [-0.4, -0.2) is 73.0 Å². The number of esters is 1. The molecule has 2 aromatic carbocycles. The number of aryl methyl sites for hydroxylation is 1. The van der Waals surface area contributed by atoms with Crippen molar-refractivity contribution in [2.45, 2.75) is 32.4 Å². The molecule has 4 N–H and O–H groups in total. The Bertz CT molecular complexity index is 1370. The van der Waals surface area contributed by atoms with Crippen molar-refractivity contribution in [2.75, 3.05) is 45.4 Å². The number of rotatable bonds is 11. The fraction of sp³-hybridized carbons (Fsp3) is 0.344. The minimum absolute atomic E-state index is 0.0660. The molecule has 1 fully saturated rings. The molecule has 4 rings (SSSR count). The van der Waals surface area contributed by atoms with E-state index in [0.29, 0.717) is 17.9 Å². The lowest BCUT2D eigenvalue weighted by Crippen LogP contribution is -2.46. The van der Waals surface area contributed by atoms with Crippen LogP contribution in [0, 0.1) is 6.92 Å². The Balaban J connectivity index is 1.34. The molecular formula is C32H38N4O5. The number of nitrogens with one attached hydrogen (secondary N) is 2. The van der Waals surface area contributed by atoms with Gasteiger partial charge in [0.15, 0.2) is 6.79 Å². The number of aliphatic imine (C=N–C) groups is 1. The summed E-state index contributed by atoms with van der Waals surface area (Å²) in [6, 6.07) is 13.7. The molecule has 41 heavy (non-hydrogen) atoms. The van der Waals surface area contributed by atoms with Crippen LogP contribution in [0.5, 0.6) is 5.75 Å². The average molecular weight is 559 g/mol. The number of aliphatic hydroxyl groups is 1. The molecule has 2 aromatic rings. The van der Waals surface area contributed by atoms with Gasteiger partial charge in [0.2, 0.25) is 0 Å². The number of aromatic hydroxyl groups is 1. The molecule has 216 valence electrons. The third-order valence-corrected chi connectivity index (χ3v) is 6.97. The molecule has 9 nitrogen and oxygen atoms in total. The number of anilines is 1. The van der Waals surface area contributed by atoms with Crippen molar-refractivity contribution in [3.8, 4) is 5.75 Å². The summed E-state index contributed by atoms with van der Waals surface area (Å²) in [6.07, 6.45) is 8.51. The van der Waals surface area contributed by atoms with Gasteiger partial charge in [-0.25, -0.2) is 0 Å². The third-order valence-electron chi connectivity index (χ3n) is 6.97. The number of ether oxygens (including phenoxy) is 2. The van der Waals surface area contributed by atoms with Gasteiger partial charge in [0.1, 0.15) is 24.0 Å². The van der Waals surface area contributed by atoms with Crippen molar-refractivity contribution in [1.82, 2.24) is 10.2 Å². The lowest BCUT2D eigenvalue weighted by atomic mass is 10.0. The number of para-hydroxylation sites is 1. The number of carbonyl (C=O) groups is 1. The molecule has 0 spiro atoms. The van der Waals surface area contributed by atoms with E-state index in [-0.39, 0.29) is 30.9 Å². The molecule has 1 aliphatic heterocycles. The molecule has 0 amide bonds. The smallest absolute Gasteiger partial charge is 0.320 e. The maximum Gasteiger partial charge on any atom is 0.320 e. The van der Waals surface area contributed by atoms with E-state index in [1.54, 1.807) is 36.4 Å². The highest BCUT2D eigenvalue weighted by Gasteiger charge is 2.24. The van der Waals surface area contributed by atoms with Gasteiger partial charge >= 0.3 is 5.97 Å². The maximum atomic E-state index is 12.4. The van der Waals surface area contributed by atoms with E-state index < -0.39 is 6.79 Å². The van der Waals surface area contributed by atoms with Crippen LogP contribution in [0.4, 0.5) is 5.69 Å². The standard InChI is InChI=1S/C32H38N4O5/c1-23-11-12-28(29(17-23)33-2)32(35-19-25-8-4-6-10-30(25)38)36-15-13-26(14-16-36)34-20-31(39)40-21-24-7-3-5-9-27(18-24)41-22-37/h3-6,8-12,17-18,26,33-34,37-38H,13-16,19-22H2,1-2H3. The Morgan fingerprint density at radius 1 is 1.20 bits per heavy atom. The molecule has 0 atom stereocenters. The van der Waals surface area contributed by atoms with Gasteiger partial charge in [-0.2, -0.15) is 0 Å². The summed E-state index contributed by atoms with van der Waals surface area (Å²) in [4.78, 5) is 19.7. The molecule has 2 aliphatic rings. The Morgan fingerprint density at radius 2 is 2.00 bits per heavy atom. The van der Waals surface area contributed by atoms with Crippen LogP contribution in [0.1, 0.15) is 29.5 Å². The van der Waals surface area contributed by atoms with E-state index in [1.807, 2.05) is 19.2 Å². The van der Waals surface area contributed by atoms with Crippen LogP contribution in [0.3, 0.4) is 0 Å². The van der Waals surface area contributed by atoms with Crippen molar-refractivity contribution >= 4 is 17.5 Å². The molecule has 1 heterocycles. The second-order valence-corrected chi connectivity index (χ2v) is 9.89. The number of carbonyl (C=O) groups excluding carboxylic acids is 1. The SMILES string of the molecule is CNc1cc(C)ccc1C(=NCc1ccccc1O)N1CCC(NCC(=O)OCC2=C=CC=CC(OCO)=C2)CC1. The van der Waals surface area contributed by atoms with Gasteiger partial charge in [0.25, 0.3) is 0 Å². The quantitative estimate of drug-likeness (QED) is 0.108. The fourth-order valence-electron chi connectivity index (χ4n) is 4.76. The van der Waals surface area contributed by atoms with Crippen LogP contribution < -0.4 is 10.6 Å². The summed E-state index contributed by atoms with van der Waals surface area (Å²) in [5.74, 6) is 1.24. The van der Waals surface area contributed by atoms with E-state index >= 15 is 0 Å². The number of benzene rings is 2. The minimum atomic E-state index is -0.433. The second-order valence-electron chi connectivity index (χ2n) is 9.89. The number of nitrogens with zero attached hydrogens (tertiary/aromatic N) is 2. The van der Waals surface area contributed by atoms with Gasteiger partial charge in [-0.15, -0.1) is 5.73 Å². The summed E-state index contributed by atoms with van der Waals surface area (Å²) < 4.78 is 10.5. The summed E-state index contributed by atoms with van der Waals surface area (Å²) in [7, 11) is 1.91. The minimum Gasteiger partial charge on any atom is -0.508 e. The van der Waals surface area contributed by atoms with Gasteiger partial charge in [0.05, 0.1) is 13.1 Å². The number of allylic oxidation sites excluding steroid dienone is 2. The van der Waals surface area contributed by atoms with Crippen molar-refractivity contribution in [2.24, 2.45) is 4.99 Å². The van der Waals surface area contributed by atoms with Gasteiger partial charge < -0.3 is 35.2 Å². The van der Waals surface area contributed by atoms with Crippen molar-refractivity contribution in [3.63, 3.8) is 0 Å². The first-order valence-electron chi connectivity index (χ1n) is 13.8. The molecule has 1 aliphatic carbocycles. The number of phenolic OH excluding ortho intramolecular Hbond substituents is 1. The van der Waals surface area contributed by atoms with E-state index in [2.05, 4.69) is 46.4 Å².